The first-order chi connectivity index (χ1) is 7.41. The van der Waals surface area contributed by atoms with Crippen molar-refractivity contribution in [3.05, 3.63) is 32.9 Å². The topological polar surface area (TPSA) is 84.0 Å². The largest absolute Gasteiger partial charge is 0.337 e. The Balaban J connectivity index is 2.96. The van der Waals surface area contributed by atoms with Crippen LogP contribution >= 0.6 is 0 Å². The van der Waals surface area contributed by atoms with Crippen LogP contribution in [0.3, 0.4) is 0 Å². The molecule has 0 spiro atoms. The van der Waals surface area contributed by atoms with Crippen molar-refractivity contribution in [2.75, 3.05) is 6.54 Å². The lowest BCUT2D eigenvalue weighted by molar-refractivity contribution is 0.239. The summed E-state index contributed by atoms with van der Waals surface area (Å²) in [5.74, 6) is -0.980. The zero-order valence-corrected chi connectivity index (χ0v) is 8.91. The maximum absolute atomic E-state index is 12.8. The van der Waals surface area contributed by atoms with E-state index in [0.29, 0.717) is 17.3 Å². The molecule has 0 aliphatic heterocycles. The minimum absolute atomic E-state index is 0.201. The Morgan fingerprint density at radius 1 is 1.56 bits per heavy atom. The number of aromatic amines is 1. The smallest absolute Gasteiger partial charge is 0.336 e. The molecule has 0 atom stereocenters. The Kier molecular flexibility index (Phi) is 3.60. The van der Waals surface area contributed by atoms with Crippen LogP contribution in [-0.4, -0.2) is 22.1 Å². The van der Waals surface area contributed by atoms with E-state index in [-0.39, 0.29) is 5.92 Å². The Morgan fingerprint density at radius 3 is 2.75 bits per heavy atom. The average molecular weight is 229 g/mol. The standard InChI is InChI=1S/C9H12FN3O3/c1-5(2)3-11-8(15)13-4-6(10)7(14)12-9(13)16/h4-5H,3H2,1-2H3,(H,11,15)(H,12,14,16). The zero-order valence-electron chi connectivity index (χ0n) is 8.91. The van der Waals surface area contributed by atoms with E-state index < -0.39 is 23.1 Å². The summed E-state index contributed by atoms with van der Waals surface area (Å²) in [6, 6.07) is -0.770. The molecule has 7 heteroatoms. The number of hydrogen-bond acceptors (Lipinski definition) is 3. The molecule has 88 valence electrons. The molecule has 6 nitrogen and oxygen atoms in total. The van der Waals surface area contributed by atoms with Gasteiger partial charge in [-0.25, -0.2) is 14.2 Å². The minimum atomic E-state index is -1.18. The number of carbonyl (C=O) groups excluding carboxylic acids is 1. The van der Waals surface area contributed by atoms with E-state index in [0.717, 1.165) is 0 Å². The van der Waals surface area contributed by atoms with E-state index in [1.54, 1.807) is 4.98 Å². The molecule has 0 saturated heterocycles. The third-order valence-corrected chi connectivity index (χ3v) is 1.78. The van der Waals surface area contributed by atoms with Gasteiger partial charge in [-0.15, -0.1) is 0 Å². The van der Waals surface area contributed by atoms with Gasteiger partial charge in [-0.05, 0) is 5.92 Å². The predicted molar refractivity (Wildman–Crippen MR) is 54.9 cm³/mol. The van der Waals surface area contributed by atoms with Crippen molar-refractivity contribution in [1.29, 1.82) is 0 Å². The van der Waals surface area contributed by atoms with E-state index >= 15 is 0 Å². The van der Waals surface area contributed by atoms with Crippen molar-refractivity contribution in [1.82, 2.24) is 14.9 Å². The van der Waals surface area contributed by atoms with Gasteiger partial charge in [-0.3, -0.25) is 9.78 Å². The summed E-state index contributed by atoms with van der Waals surface area (Å²) < 4.78 is 13.3. The van der Waals surface area contributed by atoms with Crippen molar-refractivity contribution < 1.29 is 9.18 Å². The maximum Gasteiger partial charge on any atom is 0.336 e. The Hall–Kier alpha value is -1.92. The second-order valence-corrected chi connectivity index (χ2v) is 3.69. The number of rotatable bonds is 2. The number of nitrogens with zero attached hydrogens (tertiary/aromatic N) is 1. The van der Waals surface area contributed by atoms with Crippen LogP contribution in [0, 0.1) is 11.7 Å². The average Bonchev–Trinajstić information content (AvgIpc) is 2.20. The van der Waals surface area contributed by atoms with Gasteiger partial charge >= 0.3 is 11.7 Å². The Morgan fingerprint density at radius 2 is 2.19 bits per heavy atom. The van der Waals surface area contributed by atoms with Gasteiger partial charge < -0.3 is 5.32 Å². The number of amides is 1. The normalized spacial score (nSPS) is 10.5. The second-order valence-electron chi connectivity index (χ2n) is 3.69. The number of aromatic nitrogens is 2. The van der Waals surface area contributed by atoms with Crippen LogP contribution in [-0.2, 0) is 0 Å². The summed E-state index contributed by atoms with van der Waals surface area (Å²) in [5.41, 5.74) is -2.11. The number of carbonyl (C=O) groups is 1. The van der Waals surface area contributed by atoms with Gasteiger partial charge in [-0.1, -0.05) is 13.8 Å². The van der Waals surface area contributed by atoms with Gasteiger partial charge in [0.25, 0.3) is 5.56 Å². The van der Waals surface area contributed by atoms with Crippen molar-refractivity contribution in [2.45, 2.75) is 13.8 Å². The number of halogens is 1. The number of hydrogen-bond donors (Lipinski definition) is 2. The molecule has 0 radical (unpaired) electrons. The van der Waals surface area contributed by atoms with Crippen LogP contribution < -0.4 is 16.6 Å². The van der Waals surface area contributed by atoms with Crippen LogP contribution in [0.15, 0.2) is 15.8 Å². The highest BCUT2D eigenvalue weighted by Crippen LogP contribution is 1.89. The summed E-state index contributed by atoms with van der Waals surface area (Å²) >= 11 is 0. The fourth-order valence-corrected chi connectivity index (χ4v) is 0.975. The van der Waals surface area contributed by atoms with Crippen LogP contribution in [0.1, 0.15) is 13.8 Å². The van der Waals surface area contributed by atoms with Crippen molar-refractivity contribution in [3.63, 3.8) is 0 Å². The fraction of sp³-hybridized carbons (Fsp3) is 0.444. The fourth-order valence-electron chi connectivity index (χ4n) is 0.975. The van der Waals surface area contributed by atoms with Gasteiger partial charge in [0.15, 0.2) is 0 Å². The van der Waals surface area contributed by atoms with Gasteiger partial charge in [0.1, 0.15) is 0 Å². The molecular weight excluding hydrogens is 217 g/mol. The van der Waals surface area contributed by atoms with Crippen molar-refractivity contribution in [2.24, 2.45) is 5.92 Å². The Bertz CT molecular complexity index is 503. The lowest BCUT2D eigenvalue weighted by Gasteiger charge is -2.08. The molecule has 1 amide bonds. The first-order valence-electron chi connectivity index (χ1n) is 4.71. The molecule has 2 N–H and O–H groups in total. The van der Waals surface area contributed by atoms with Crippen LogP contribution in [0.4, 0.5) is 9.18 Å². The van der Waals surface area contributed by atoms with Gasteiger partial charge in [0.05, 0.1) is 6.20 Å². The van der Waals surface area contributed by atoms with Crippen molar-refractivity contribution >= 4 is 6.03 Å². The highest BCUT2D eigenvalue weighted by Gasteiger charge is 2.10. The lowest BCUT2D eigenvalue weighted by atomic mass is 10.2. The van der Waals surface area contributed by atoms with E-state index in [1.165, 1.54) is 0 Å². The predicted octanol–water partition coefficient (Wildman–Crippen LogP) is -0.111. The molecule has 0 fully saturated rings. The number of nitrogens with one attached hydrogen (secondary N) is 2. The molecule has 0 aliphatic rings. The highest BCUT2D eigenvalue weighted by atomic mass is 19.1. The molecule has 1 rings (SSSR count). The molecule has 16 heavy (non-hydrogen) atoms. The summed E-state index contributed by atoms with van der Waals surface area (Å²) in [6.07, 6.45) is 0.566. The van der Waals surface area contributed by atoms with E-state index in [4.69, 9.17) is 0 Å². The Labute approximate surface area is 90.1 Å². The monoisotopic (exact) mass is 229 g/mol. The first kappa shape index (κ1) is 12.2. The third-order valence-electron chi connectivity index (χ3n) is 1.78. The quantitative estimate of drug-likeness (QED) is 0.742. The van der Waals surface area contributed by atoms with E-state index in [2.05, 4.69) is 5.32 Å². The molecule has 1 aromatic heterocycles. The second kappa shape index (κ2) is 4.73. The minimum Gasteiger partial charge on any atom is -0.337 e. The van der Waals surface area contributed by atoms with Crippen LogP contribution in [0.25, 0.3) is 0 Å². The highest BCUT2D eigenvalue weighted by molar-refractivity contribution is 5.76. The summed E-state index contributed by atoms with van der Waals surface area (Å²) in [6.45, 7) is 4.10. The molecule has 0 saturated carbocycles. The molecule has 1 heterocycles. The molecule has 0 bridgehead atoms. The van der Waals surface area contributed by atoms with Gasteiger partial charge in [0, 0.05) is 6.54 Å². The van der Waals surface area contributed by atoms with Crippen LogP contribution in [0.2, 0.25) is 0 Å². The van der Waals surface area contributed by atoms with Gasteiger partial charge in [0.2, 0.25) is 5.82 Å². The summed E-state index contributed by atoms with van der Waals surface area (Å²) in [4.78, 5) is 35.0. The molecule has 1 aromatic rings. The lowest BCUT2D eigenvalue weighted by Crippen LogP contribution is -2.41. The molecule has 0 aromatic carbocycles. The number of H-pyrrole nitrogens is 1. The van der Waals surface area contributed by atoms with Crippen LogP contribution in [0.5, 0.6) is 0 Å². The molecule has 0 unspecified atom stereocenters. The van der Waals surface area contributed by atoms with Gasteiger partial charge in [-0.2, -0.15) is 4.39 Å². The SMILES string of the molecule is CC(C)CNC(=O)n1cc(F)c(=O)[nH]c1=O. The van der Waals surface area contributed by atoms with E-state index in [9.17, 15) is 18.8 Å². The summed E-state index contributed by atoms with van der Waals surface area (Å²) in [5, 5.41) is 2.42. The molecular formula is C9H12FN3O3. The zero-order chi connectivity index (χ0) is 12.3. The maximum atomic E-state index is 12.8. The first-order valence-corrected chi connectivity index (χ1v) is 4.71. The molecule has 0 aliphatic carbocycles. The van der Waals surface area contributed by atoms with E-state index in [1.807, 2.05) is 13.8 Å². The third kappa shape index (κ3) is 2.78. The van der Waals surface area contributed by atoms with Crippen molar-refractivity contribution in [3.8, 4) is 0 Å². The summed E-state index contributed by atoms with van der Waals surface area (Å²) in [7, 11) is 0.